The third-order valence-corrected chi connectivity index (χ3v) is 10.2. The Bertz CT molecular complexity index is 1740. The summed E-state index contributed by atoms with van der Waals surface area (Å²) in [5, 5.41) is 3.07. The van der Waals surface area contributed by atoms with E-state index < -0.39 is 28.5 Å². The van der Waals surface area contributed by atoms with Crippen molar-refractivity contribution in [3.8, 4) is 0 Å². The molecule has 1 N–H and O–H groups in total. The van der Waals surface area contributed by atoms with E-state index in [2.05, 4.69) is 21.2 Å². The molecule has 2 amide bonds. The van der Waals surface area contributed by atoms with Gasteiger partial charge in [0.2, 0.25) is 11.8 Å². The van der Waals surface area contributed by atoms with Crippen molar-refractivity contribution in [1.82, 2.24) is 10.2 Å². The standard InChI is InChI=1S/C37H42BrN3O4S/c1-6-29(5)39-37(43)35(23-30-11-8-7-9-12-30)40(24-31-13-10-14-32(38)22-31)36(42)25-41(33-20-27(3)19-28(4)21-33)46(44,45)34-17-15-26(2)16-18-34/h7-22,29,35H,6,23-25H2,1-5H3,(H,39,43)/t29-,35+/m0/s1. The second-order valence-electron chi connectivity index (χ2n) is 11.8. The van der Waals surface area contributed by atoms with Crippen molar-refractivity contribution >= 4 is 43.5 Å². The van der Waals surface area contributed by atoms with E-state index in [4.69, 9.17) is 0 Å². The minimum atomic E-state index is -4.16. The summed E-state index contributed by atoms with van der Waals surface area (Å²) in [6.07, 6.45) is 0.982. The van der Waals surface area contributed by atoms with Crippen molar-refractivity contribution < 1.29 is 18.0 Å². The molecule has 4 rings (SSSR count). The molecular weight excluding hydrogens is 662 g/mol. The average Bonchev–Trinajstić information content (AvgIpc) is 3.01. The van der Waals surface area contributed by atoms with Crippen LogP contribution >= 0.6 is 15.9 Å². The third-order valence-electron chi connectivity index (χ3n) is 7.90. The number of carbonyl (C=O) groups is 2. The maximum absolute atomic E-state index is 14.6. The number of rotatable bonds is 13. The van der Waals surface area contributed by atoms with E-state index in [1.807, 2.05) is 95.3 Å². The number of anilines is 1. The predicted octanol–water partition coefficient (Wildman–Crippen LogP) is 7.12. The Morgan fingerprint density at radius 3 is 2.04 bits per heavy atom. The van der Waals surface area contributed by atoms with Crippen LogP contribution in [0.15, 0.2) is 106 Å². The van der Waals surface area contributed by atoms with E-state index in [0.717, 1.165) is 38.7 Å². The number of hydrogen-bond donors (Lipinski definition) is 1. The monoisotopic (exact) mass is 703 g/mol. The predicted molar refractivity (Wildman–Crippen MR) is 188 cm³/mol. The highest BCUT2D eigenvalue weighted by atomic mass is 79.9. The van der Waals surface area contributed by atoms with Gasteiger partial charge in [-0.15, -0.1) is 0 Å². The fourth-order valence-corrected chi connectivity index (χ4v) is 7.13. The molecule has 0 aliphatic carbocycles. The Morgan fingerprint density at radius 1 is 0.804 bits per heavy atom. The molecule has 0 aliphatic heterocycles. The van der Waals surface area contributed by atoms with Gasteiger partial charge in [-0.25, -0.2) is 8.42 Å². The van der Waals surface area contributed by atoms with Gasteiger partial charge in [0, 0.05) is 23.5 Å². The maximum atomic E-state index is 14.6. The lowest BCUT2D eigenvalue weighted by Crippen LogP contribution is -2.54. The number of benzene rings is 4. The number of sulfonamides is 1. The number of aryl methyl sites for hydroxylation is 3. The van der Waals surface area contributed by atoms with Gasteiger partial charge in [-0.05, 0) is 92.8 Å². The van der Waals surface area contributed by atoms with Crippen LogP contribution in [-0.2, 0) is 32.6 Å². The SMILES string of the molecule is CC[C@H](C)NC(=O)[C@@H](Cc1ccccc1)N(Cc1cccc(Br)c1)C(=O)CN(c1cc(C)cc(C)c1)S(=O)(=O)c1ccc(C)cc1. The summed E-state index contributed by atoms with van der Waals surface area (Å²) in [4.78, 5) is 30.2. The molecule has 0 aromatic heterocycles. The van der Waals surface area contributed by atoms with Crippen LogP contribution in [-0.4, -0.2) is 43.8 Å². The average molecular weight is 705 g/mol. The quantitative estimate of drug-likeness (QED) is 0.161. The molecule has 46 heavy (non-hydrogen) atoms. The summed E-state index contributed by atoms with van der Waals surface area (Å²) >= 11 is 3.52. The first kappa shape index (κ1) is 34.9. The summed E-state index contributed by atoms with van der Waals surface area (Å²) in [6, 6.07) is 28.2. The Hall–Kier alpha value is -3.95. The molecule has 4 aromatic carbocycles. The number of nitrogens with zero attached hydrogens (tertiary/aromatic N) is 2. The Morgan fingerprint density at radius 2 is 1.43 bits per heavy atom. The van der Waals surface area contributed by atoms with E-state index in [-0.39, 0.29) is 29.8 Å². The second-order valence-corrected chi connectivity index (χ2v) is 14.6. The summed E-state index contributed by atoms with van der Waals surface area (Å²) in [5.74, 6) is -0.782. The topological polar surface area (TPSA) is 86.8 Å². The zero-order valence-corrected chi connectivity index (χ0v) is 29.4. The van der Waals surface area contributed by atoms with Crippen molar-refractivity contribution in [3.05, 3.63) is 129 Å². The maximum Gasteiger partial charge on any atom is 0.264 e. The van der Waals surface area contributed by atoms with Gasteiger partial charge in [0.25, 0.3) is 10.0 Å². The minimum Gasteiger partial charge on any atom is -0.352 e. The van der Waals surface area contributed by atoms with E-state index in [1.165, 1.54) is 9.21 Å². The molecule has 9 heteroatoms. The van der Waals surface area contributed by atoms with E-state index in [1.54, 1.807) is 36.4 Å². The molecule has 4 aromatic rings. The first-order valence-corrected chi connectivity index (χ1v) is 17.7. The van der Waals surface area contributed by atoms with E-state index in [0.29, 0.717) is 5.69 Å². The van der Waals surface area contributed by atoms with Gasteiger partial charge in [0.15, 0.2) is 0 Å². The second kappa shape index (κ2) is 15.6. The Labute approximate surface area is 281 Å². The largest absolute Gasteiger partial charge is 0.352 e. The molecule has 0 fully saturated rings. The van der Waals surface area contributed by atoms with Gasteiger partial charge in [-0.3, -0.25) is 13.9 Å². The highest BCUT2D eigenvalue weighted by molar-refractivity contribution is 9.10. The molecule has 0 saturated carbocycles. The summed E-state index contributed by atoms with van der Waals surface area (Å²) in [5.41, 5.74) is 4.73. The number of carbonyl (C=O) groups excluding carboxylic acids is 2. The fraction of sp³-hybridized carbons (Fsp3) is 0.297. The van der Waals surface area contributed by atoms with E-state index in [9.17, 15) is 18.0 Å². The molecule has 7 nitrogen and oxygen atoms in total. The van der Waals surface area contributed by atoms with Crippen LogP contribution < -0.4 is 9.62 Å². The fourth-order valence-electron chi connectivity index (χ4n) is 5.29. The number of nitrogens with one attached hydrogen (secondary N) is 1. The Kier molecular flexibility index (Phi) is 11.8. The van der Waals surface area contributed by atoms with Crippen LogP contribution in [0, 0.1) is 20.8 Å². The summed E-state index contributed by atoms with van der Waals surface area (Å²) in [6.45, 7) is 9.20. The van der Waals surface area contributed by atoms with Crippen LogP contribution in [0.1, 0.15) is 48.1 Å². The summed E-state index contributed by atoms with van der Waals surface area (Å²) < 4.78 is 30.6. The zero-order chi connectivity index (χ0) is 33.4. The molecule has 0 bridgehead atoms. The summed E-state index contributed by atoms with van der Waals surface area (Å²) in [7, 11) is -4.16. The van der Waals surface area contributed by atoms with Crippen LogP contribution in [0.2, 0.25) is 0 Å². The molecule has 0 aliphatic rings. The van der Waals surface area contributed by atoms with Crippen LogP contribution in [0.3, 0.4) is 0 Å². The number of halogens is 1. The zero-order valence-electron chi connectivity index (χ0n) is 27.0. The lowest BCUT2D eigenvalue weighted by Gasteiger charge is -2.34. The smallest absolute Gasteiger partial charge is 0.264 e. The third kappa shape index (κ3) is 9.07. The van der Waals surface area contributed by atoms with Gasteiger partial charge in [-0.1, -0.05) is 89.1 Å². The minimum absolute atomic E-state index is 0.0824. The van der Waals surface area contributed by atoms with Gasteiger partial charge in [0.1, 0.15) is 12.6 Å². The van der Waals surface area contributed by atoms with Crippen molar-refractivity contribution in [2.24, 2.45) is 0 Å². The van der Waals surface area contributed by atoms with Crippen molar-refractivity contribution in [1.29, 1.82) is 0 Å². The van der Waals surface area contributed by atoms with Crippen molar-refractivity contribution in [3.63, 3.8) is 0 Å². The van der Waals surface area contributed by atoms with Crippen molar-refractivity contribution in [2.75, 3.05) is 10.8 Å². The van der Waals surface area contributed by atoms with Crippen LogP contribution in [0.25, 0.3) is 0 Å². The number of hydrogen-bond acceptors (Lipinski definition) is 4. The lowest BCUT2D eigenvalue weighted by atomic mass is 10.0. The highest BCUT2D eigenvalue weighted by Gasteiger charge is 2.35. The molecule has 2 atom stereocenters. The first-order chi connectivity index (χ1) is 21.9. The van der Waals surface area contributed by atoms with Gasteiger partial charge in [-0.2, -0.15) is 0 Å². The normalized spacial score (nSPS) is 12.7. The highest BCUT2D eigenvalue weighted by Crippen LogP contribution is 2.27. The number of amides is 2. The van der Waals surface area contributed by atoms with Gasteiger partial charge < -0.3 is 10.2 Å². The van der Waals surface area contributed by atoms with E-state index >= 15 is 0 Å². The molecular formula is C37H42BrN3O4S. The first-order valence-electron chi connectivity index (χ1n) is 15.4. The molecule has 0 heterocycles. The molecule has 0 spiro atoms. The lowest BCUT2D eigenvalue weighted by molar-refractivity contribution is -0.140. The van der Waals surface area contributed by atoms with Crippen LogP contribution in [0.4, 0.5) is 5.69 Å². The Balaban J connectivity index is 1.83. The molecule has 0 radical (unpaired) electrons. The van der Waals surface area contributed by atoms with Crippen molar-refractivity contribution in [2.45, 2.75) is 71.0 Å². The molecule has 242 valence electrons. The van der Waals surface area contributed by atoms with Gasteiger partial charge in [0.05, 0.1) is 10.6 Å². The molecule has 0 unspecified atom stereocenters. The molecule has 0 saturated heterocycles. The van der Waals surface area contributed by atoms with Crippen LogP contribution in [0.5, 0.6) is 0 Å². The van der Waals surface area contributed by atoms with Gasteiger partial charge >= 0.3 is 0 Å².